The number of carbonyl (C=O) groups is 3. The molecule has 0 aliphatic heterocycles. The number of halogens is 1. The minimum Gasteiger partial charge on any atom is -0.497 e. The van der Waals surface area contributed by atoms with Gasteiger partial charge in [-0.05, 0) is 35.9 Å². The topological polar surface area (TPSA) is 255 Å². The number of hydrogen-bond donors (Lipinski definition) is 3. The van der Waals surface area contributed by atoms with E-state index in [9.17, 15) is 42.8 Å². The van der Waals surface area contributed by atoms with E-state index in [1.165, 1.54) is 25.3 Å². The molecule has 0 bridgehead atoms. The first kappa shape index (κ1) is 36.3. The number of nitrogens with zero attached hydrogens (tertiary/aromatic N) is 6. The molecule has 0 saturated carbocycles. The molecule has 0 saturated heterocycles. The monoisotopic (exact) mass is 736 g/mol. The van der Waals surface area contributed by atoms with Crippen molar-refractivity contribution in [2.45, 2.75) is 17.5 Å². The van der Waals surface area contributed by atoms with Gasteiger partial charge < -0.3 is 19.5 Å². The molecule has 0 fully saturated rings. The minimum atomic E-state index is -4.34. The van der Waals surface area contributed by atoms with E-state index in [0.29, 0.717) is 22.6 Å². The van der Waals surface area contributed by atoms with Crippen LogP contribution in [0.15, 0.2) is 63.9 Å². The van der Waals surface area contributed by atoms with Gasteiger partial charge in [0.05, 0.1) is 17.6 Å². The van der Waals surface area contributed by atoms with Crippen molar-refractivity contribution in [3.05, 3.63) is 85.9 Å². The van der Waals surface area contributed by atoms with Gasteiger partial charge in [0, 0.05) is 30.4 Å². The van der Waals surface area contributed by atoms with E-state index >= 15 is 0 Å². The predicted octanol–water partition coefficient (Wildman–Crippen LogP) is 1.97. The van der Waals surface area contributed by atoms with Crippen molar-refractivity contribution in [2.75, 3.05) is 32.1 Å². The molecule has 2 heterocycles. The van der Waals surface area contributed by atoms with E-state index in [1.807, 2.05) is 0 Å². The first-order valence-electron chi connectivity index (χ1n) is 13.7. The zero-order valence-electron chi connectivity index (χ0n) is 25.1. The van der Waals surface area contributed by atoms with Gasteiger partial charge in [-0.1, -0.05) is 35.1 Å². The Labute approximate surface area is 285 Å². The van der Waals surface area contributed by atoms with Gasteiger partial charge in [-0.3, -0.25) is 29.6 Å². The number of benzene rings is 2. The Bertz CT molecular complexity index is 2040. The number of nitrogens with one attached hydrogen (secondary N) is 2. The van der Waals surface area contributed by atoms with E-state index in [-0.39, 0.29) is 28.0 Å². The van der Waals surface area contributed by atoms with Crippen LogP contribution in [-0.4, -0.2) is 87.8 Å². The number of hydrogen-bond acceptors (Lipinski definition) is 14. The van der Waals surface area contributed by atoms with Gasteiger partial charge >= 0.3 is 17.8 Å². The van der Waals surface area contributed by atoms with Crippen molar-refractivity contribution in [3.8, 4) is 16.3 Å². The summed E-state index contributed by atoms with van der Waals surface area (Å²) in [6.45, 7) is -2.46. The van der Waals surface area contributed by atoms with Gasteiger partial charge in [0.1, 0.15) is 31.3 Å². The molecule has 3 N–H and O–H groups in total. The molecule has 2 aromatic heterocycles. The average Bonchev–Trinajstić information content (AvgIpc) is 3.56. The van der Waals surface area contributed by atoms with E-state index < -0.39 is 74.8 Å². The van der Waals surface area contributed by atoms with Crippen LogP contribution in [0, 0.1) is 10.1 Å². The number of nitro groups is 1. The second-order valence-corrected chi connectivity index (χ2v) is 13.0. The maximum absolute atomic E-state index is 12.9. The van der Waals surface area contributed by atoms with E-state index in [2.05, 4.69) is 25.2 Å². The smallest absolute Gasteiger partial charge is 0.413 e. The van der Waals surface area contributed by atoms with Gasteiger partial charge in [0.2, 0.25) is 10.2 Å². The molecule has 4 rings (SSSR count). The standard InChI is InChI=1S/C27H25ClN8O11S2/c1-46-18-5-2-16(3-6-18)15-47-26(41)31-21-8-10-35(25(40)30-21)13-22(37)34(14-23(38)39)11-9-29-49(44,45)27-33-32-24(48-27)19-7-4-17(28)12-20(19)36(42)43/h2-8,10,12,29H,9,11,13-15H2,1H3,(H,38,39)(H,30,31,40,41). The lowest BCUT2D eigenvalue weighted by atomic mass is 10.2. The molecule has 0 spiro atoms. The van der Waals surface area contributed by atoms with Crippen LogP contribution >= 0.6 is 22.9 Å². The molecule has 2 aromatic carbocycles. The van der Waals surface area contributed by atoms with Gasteiger partial charge in [-0.2, -0.15) is 4.98 Å². The van der Waals surface area contributed by atoms with Crippen LogP contribution in [-0.2, 0) is 37.5 Å². The second-order valence-electron chi connectivity index (χ2n) is 9.67. The molecule has 19 nitrogen and oxygen atoms in total. The van der Waals surface area contributed by atoms with Gasteiger partial charge in [0.25, 0.3) is 15.7 Å². The third-order valence-corrected chi connectivity index (χ3v) is 9.33. The van der Waals surface area contributed by atoms with E-state index in [1.54, 1.807) is 24.3 Å². The number of aliphatic carboxylic acids is 1. The number of amides is 2. The minimum absolute atomic E-state index is 0.00946. The van der Waals surface area contributed by atoms with Crippen LogP contribution in [0.4, 0.5) is 16.3 Å². The molecule has 0 radical (unpaired) electrons. The first-order chi connectivity index (χ1) is 23.2. The van der Waals surface area contributed by atoms with Crippen LogP contribution in [0.5, 0.6) is 5.75 Å². The summed E-state index contributed by atoms with van der Waals surface area (Å²) in [5, 5.41) is 30.3. The van der Waals surface area contributed by atoms with Crippen LogP contribution in [0.3, 0.4) is 0 Å². The fourth-order valence-corrected chi connectivity index (χ4v) is 6.23. The summed E-state index contributed by atoms with van der Waals surface area (Å²) in [6.07, 6.45) is 0.245. The number of nitro benzene ring substituents is 1. The number of carbonyl (C=O) groups excluding carboxylic acids is 2. The molecule has 22 heteroatoms. The summed E-state index contributed by atoms with van der Waals surface area (Å²) in [5.74, 6) is -1.82. The largest absolute Gasteiger partial charge is 0.497 e. The normalized spacial score (nSPS) is 11.1. The highest BCUT2D eigenvalue weighted by molar-refractivity contribution is 7.91. The summed E-state index contributed by atoms with van der Waals surface area (Å²) in [7, 11) is -2.83. The molecule has 4 aromatic rings. The zero-order valence-corrected chi connectivity index (χ0v) is 27.5. The number of aromatic nitrogens is 4. The molecule has 49 heavy (non-hydrogen) atoms. The molecular formula is C27H25ClN8O11S2. The van der Waals surface area contributed by atoms with E-state index in [0.717, 1.165) is 21.7 Å². The number of sulfonamides is 1. The SMILES string of the molecule is COc1ccc(COC(=O)Nc2ccn(CC(=O)N(CCNS(=O)(=O)c3nnc(-c4ccc(Cl)cc4[N+](=O)[O-])s3)CC(=O)O)c(=O)n2)cc1. The lowest BCUT2D eigenvalue weighted by Gasteiger charge is -2.21. The average molecular weight is 737 g/mol. The summed E-state index contributed by atoms with van der Waals surface area (Å²) < 4.78 is 38.3. The molecule has 2 amide bonds. The van der Waals surface area contributed by atoms with E-state index in [4.69, 9.17) is 21.1 Å². The van der Waals surface area contributed by atoms with Gasteiger partial charge in [-0.15, -0.1) is 10.2 Å². The van der Waals surface area contributed by atoms with Gasteiger partial charge in [0.15, 0.2) is 5.01 Å². The summed E-state index contributed by atoms with van der Waals surface area (Å²) in [5.41, 5.74) is -0.699. The lowest BCUT2D eigenvalue weighted by molar-refractivity contribution is -0.384. The van der Waals surface area contributed by atoms with Crippen LogP contribution in [0.2, 0.25) is 5.02 Å². The molecular weight excluding hydrogens is 712 g/mol. The first-order valence-corrected chi connectivity index (χ1v) is 16.3. The van der Waals surface area contributed by atoms with Crippen LogP contribution < -0.4 is 20.5 Å². The maximum Gasteiger partial charge on any atom is 0.413 e. The highest BCUT2D eigenvalue weighted by Gasteiger charge is 2.25. The molecule has 0 atom stereocenters. The molecule has 258 valence electrons. The Balaban J connectivity index is 1.34. The Morgan fingerprint density at radius 2 is 1.88 bits per heavy atom. The Morgan fingerprint density at radius 3 is 2.53 bits per heavy atom. The summed E-state index contributed by atoms with van der Waals surface area (Å²) >= 11 is 6.36. The molecule has 0 unspecified atom stereocenters. The second kappa shape index (κ2) is 16.1. The predicted molar refractivity (Wildman–Crippen MR) is 172 cm³/mol. The Morgan fingerprint density at radius 1 is 1.14 bits per heavy atom. The highest BCUT2D eigenvalue weighted by atomic mass is 35.5. The fraction of sp³-hybridized carbons (Fsp3) is 0.222. The van der Waals surface area contributed by atoms with Gasteiger partial charge in [-0.25, -0.2) is 22.7 Å². The van der Waals surface area contributed by atoms with Crippen LogP contribution in [0.1, 0.15) is 5.56 Å². The molecule has 0 aliphatic rings. The summed E-state index contributed by atoms with van der Waals surface area (Å²) in [4.78, 5) is 64.2. The van der Waals surface area contributed by atoms with Crippen molar-refractivity contribution in [3.63, 3.8) is 0 Å². The zero-order chi connectivity index (χ0) is 35.7. The van der Waals surface area contributed by atoms with Crippen LogP contribution in [0.25, 0.3) is 10.6 Å². The lowest BCUT2D eigenvalue weighted by Crippen LogP contribution is -2.43. The summed E-state index contributed by atoms with van der Waals surface area (Å²) in [6, 6.07) is 11.7. The van der Waals surface area contributed by atoms with Crippen molar-refractivity contribution in [1.29, 1.82) is 0 Å². The maximum atomic E-state index is 12.9. The van der Waals surface area contributed by atoms with Crippen molar-refractivity contribution < 1.29 is 42.3 Å². The third-order valence-electron chi connectivity index (χ3n) is 6.31. The third kappa shape index (κ3) is 9.99. The number of ether oxygens (including phenoxy) is 2. The Kier molecular flexibility index (Phi) is 11.9. The Hall–Kier alpha value is -5.51. The number of carboxylic acids is 1. The number of rotatable bonds is 15. The quantitative estimate of drug-likeness (QED) is 0.117. The highest BCUT2D eigenvalue weighted by Crippen LogP contribution is 2.34. The fourth-order valence-electron chi connectivity index (χ4n) is 3.97. The van der Waals surface area contributed by atoms with Crippen molar-refractivity contribution in [2.24, 2.45) is 0 Å². The molecule has 0 aliphatic carbocycles. The number of anilines is 1. The number of methoxy groups -OCH3 is 1. The number of carboxylic acid groups (broad SMARTS) is 1. The van der Waals surface area contributed by atoms with Crippen molar-refractivity contribution >= 4 is 62.4 Å². The van der Waals surface area contributed by atoms with Crippen molar-refractivity contribution in [1.82, 2.24) is 29.4 Å².